The lowest BCUT2D eigenvalue weighted by molar-refractivity contribution is -0.147. The number of aliphatic carboxylic acids is 1. The van der Waals surface area contributed by atoms with Gasteiger partial charge in [0.1, 0.15) is 12.7 Å². The first-order valence-electron chi connectivity index (χ1n) is 13.8. The molecule has 0 heterocycles. The molecule has 0 rings (SSSR count). The topological polar surface area (TPSA) is 169 Å². The third-order valence-corrected chi connectivity index (χ3v) is 6.48. The summed E-state index contributed by atoms with van der Waals surface area (Å²) in [7, 11) is -4.70. The Labute approximate surface area is 232 Å². The zero-order valence-corrected chi connectivity index (χ0v) is 24.3. The monoisotopic (exact) mass is 577 g/mol. The fourth-order valence-electron chi connectivity index (χ4n) is 3.37. The first-order chi connectivity index (χ1) is 18.6. The molecule has 0 spiro atoms. The van der Waals surface area contributed by atoms with Crippen molar-refractivity contribution in [2.75, 3.05) is 19.8 Å². The maximum atomic E-state index is 11.8. The van der Waals surface area contributed by atoms with Crippen LogP contribution in [-0.4, -0.2) is 64.9 Å². The van der Waals surface area contributed by atoms with Gasteiger partial charge in [-0.2, -0.15) is 0 Å². The van der Waals surface area contributed by atoms with Crippen molar-refractivity contribution in [2.45, 2.75) is 109 Å². The molecule has 0 radical (unpaired) electrons. The fraction of sp³-hybridized carbons (Fsp3) is 0.741. The molecule has 226 valence electrons. The molecule has 3 atom stereocenters. The van der Waals surface area contributed by atoms with E-state index < -0.39 is 57.6 Å². The summed E-state index contributed by atoms with van der Waals surface area (Å²) in [6, 6.07) is -1.54. The summed E-state index contributed by atoms with van der Waals surface area (Å²) < 4.78 is 25.9. The number of phosphoric ester groups is 1. The molecule has 39 heavy (non-hydrogen) atoms. The van der Waals surface area contributed by atoms with Gasteiger partial charge in [0.05, 0.1) is 13.2 Å². The Morgan fingerprint density at radius 1 is 0.846 bits per heavy atom. The summed E-state index contributed by atoms with van der Waals surface area (Å²) >= 11 is 0. The van der Waals surface area contributed by atoms with Gasteiger partial charge in [-0.25, -0.2) is 9.36 Å². The quantitative estimate of drug-likeness (QED) is 0.0511. The Kier molecular flexibility index (Phi) is 22.6. The van der Waals surface area contributed by atoms with Gasteiger partial charge in [0.2, 0.25) is 5.91 Å². The fourth-order valence-corrected chi connectivity index (χ4v) is 4.15. The predicted octanol–water partition coefficient (Wildman–Crippen LogP) is 4.82. The third kappa shape index (κ3) is 24.7. The molecule has 0 aliphatic rings. The molecule has 0 bridgehead atoms. The van der Waals surface area contributed by atoms with Crippen LogP contribution in [0.1, 0.15) is 97.3 Å². The number of allylic oxidation sites excluding steroid dienone is 4. The lowest BCUT2D eigenvalue weighted by Gasteiger charge is -2.18. The zero-order valence-electron chi connectivity index (χ0n) is 23.4. The summed E-state index contributed by atoms with van der Waals surface area (Å²) in [4.78, 5) is 43.4. The standard InChI is InChI=1S/C27H48NO10P/c1-3-4-5-6-7-8-9-10-11-12-13-14-15-16-17-18-19-26(31)36-20-24(30)21-37-39(34,35)38-22-25(27(32)33)28-23(2)29/h8-9,11-12,24-25,30H,3-7,10,13-22H2,1-2H3,(H,28,29)(H,32,33)(H,34,35)/b9-8-,12-11-. The van der Waals surface area contributed by atoms with E-state index in [4.69, 9.17) is 9.84 Å². The summed E-state index contributed by atoms with van der Waals surface area (Å²) in [5.41, 5.74) is 0. The highest BCUT2D eigenvalue weighted by atomic mass is 31.2. The smallest absolute Gasteiger partial charge is 0.472 e. The summed E-state index contributed by atoms with van der Waals surface area (Å²) in [5, 5.41) is 20.8. The number of nitrogens with one attached hydrogen (secondary N) is 1. The first-order valence-corrected chi connectivity index (χ1v) is 15.3. The van der Waals surface area contributed by atoms with Crippen molar-refractivity contribution in [1.82, 2.24) is 5.32 Å². The van der Waals surface area contributed by atoms with Gasteiger partial charge < -0.3 is 25.2 Å². The number of aliphatic hydroxyl groups is 1. The van der Waals surface area contributed by atoms with E-state index in [-0.39, 0.29) is 6.42 Å². The average molecular weight is 578 g/mol. The normalized spacial score (nSPS) is 14.8. The van der Waals surface area contributed by atoms with Crippen LogP contribution in [0.15, 0.2) is 24.3 Å². The second-order valence-corrected chi connectivity index (χ2v) is 10.8. The number of esters is 1. The first kappa shape index (κ1) is 37.0. The van der Waals surface area contributed by atoms with Crippen LogP contribution < -0.4 is 5.32 Å². The molecule has 4 N–H and O–H groups in total. The van der Waals surface area contributed by atoms with Crippen LogP contribution in [0.2, 0.25) is 0 Å². The minimum absolute atomic E-state index is 0.208. The molecule has 0 aliphatic carbocycles. The van der Waals surface area contributed by atoms with E-state index in [1.54, 1.807) is 0 Å². The number of carboxylic acids is 1. The lowest BCUT2D eigenvalue weighted by atomic mass is 10.1. The predicted molar refractivity (Wildman–Crippen MR) is 148 cm³/mol. The van der Waals surface area contributed by atoms with Crippen molar-refractivity contribution >= 4 is 25.7 Å². The Morgan fingerprint density at radius 3 is 2.00 bits per heavy atom. The van der Waals surface area contributed by atoms with Crippen molar-refractivity contribution < 1.29 is 47.8 Å². The van der Waals surface area contributed by atoms with Crippen LogP contribution in [0.25, 0.3) is 0 Å². The molecule has 0 aliphatic heterocycles. The SMILES string of the molecule is CCCCCC/C=C\C/C=C\CCCCCCCC(=O)OCC(O)COP(=O)(O)OCC(NC(C)=O)C(=O)O. The van der Waals surface area contributed by atoms with Gasteiger partial charge in [-0.3, -0.25) is 18.6 Å². The van der Waals surface area contributed by atoms with Crippen LogP contribution in [-0.2, 0) is 32.7 Å². The largest absolute Gasteiger partial charge is 0.480 e. The van der Waals surface area contributed by atoms with Crippen LogP contribution in [0.4, 0.5) is 0 Å². The van der Waals surface area contributed by atoms with Crippen molar-refractivity contribution in [3.63, 3.8) is 0 Å². The number of carboxylic acid groups (broad SMARTS) is 1. The van der Waals surface area contributed by atoms with E-state index in [9.17, 15) is 28.9 Å². The van der Waals surface area contributed by atoms with Crippen LogP contribution >= 0.6 is 7.82 Å². The van der Waals surface area contributed by atoms with E-state index in [2.05, 4.69) is 40.3 Å². The number of hydrogen-bond donors (Lipinski definition) is 4. The van der Waals surface area contributed by atoms with Crippen LogP contribution in [0.3, 0.4) is 0 Å². The number of aliphatic hydroxyl groups excluding tert-OH is 1. The second-order valence-electron chi connectivity index (χ2n) is 9.32. The number of ether oxygens (including phenoxy) is 1. The van der Waals surface area contributed by atoms with Gasteiger partial charge in [-0.15, -0.1) is 0 Å². The van der Waals surface area contributed by atoms with Gasteiger partial charge in [-0.05, 0) is 38.5 Å². The molecule has 0 fully saturated rings. The molecular formula is C27H48NO10P. The van der Waals surface area contributed by atoms with E-state index in [0.717, 1.165) is 45.4 Å². The summed E-state index contributed by atoms with van der Waals surface area (Å²) in [6.07, 6.45) is 20.9. The molecule has 0 saturated heterocycles. The maximum absolute atomic E-state index is 11.8. The highest BCUT2D eigenvalue weighted by Crippen LogP contribution is 2.43. The molecule has 3 unspecified atom stereocenters. The molecule has 0 aromatic carbocycles. The Hall–Kier alpha value is -2.04. The number of phosphoric acid groups is 1. The van der Waals surface area contributed by atoms with Gasteiger partial charge in [0.25, 0.3) is 0 Å². The van der Waals surface area contributed by atoms with Crippen molar-refractivity contribution in [2.24, 2.45) is 0 Å². The van der Waals surface area contributed by atoms with Crippen LogP contribution in [0.5, 0.6) is 0 Å². The van der Waals surface area contributed by atoms with E-state index in [1.165, 1.54) is 32.1 Å². The summed E-state index contributed by atoms with van der Waals surface area (Å²) in [5.74, 6) is -2.61. The van der Waals surface area contributed by atoms with Crippen LogP contribution in [0, 0.1) is 0 Å². The zero-order chi connectivity index (χ0) is 29.4. The van der Waals surface area contributed by atoms with Gasteiger partial charge in [0.15, 0.2) is 6.04 Å². The molecule has 0 aromatic rings. The third-order valence-electron chi connectivity index (χ3n) is 5.53. The van der Waals surface area contributed by atoms with Gasteiger partial charge >= 0.3 is 19.8 Å². The molecule has 11 nitrogen and oxygen atoms in total. The molecule has 1 amide bonds. The molecule has 0 saturated carbocycles. The maximum Gasteiger partial charge on any atom is 0.472 e. The van der Waals surface area contributed by atoms with E-state index in [1.807, 2.05) is 5.32 Å². The van der Waals surface area contributed by atoms with Gasteiger partial charge in [-0.1, -0.05) is 69.8 Å². The Bertz CT molecular complexity index is 787. The number of unbranched alkanes of at least 4 members (excludes halogenated alkanes) is 9. The second kappa shape index (κ2) is 23.8. The summed E-state index contributed by atoms with van der Waals surface area (Å²) in [6.45, 7) is 1.38. The van der Waals surface area contributed by atoms with Crippen molar-refractivity contribution in [3.05, 3.63) is 24.3 Å². The van der Waals surface area contributed by atoms with E-state index in [0.29, 0.717) is 6.42 Å². The highest BCUT2D eigenvalue weighted by Gasteiger charge is 2.28. The highest BCUT2D eigenvalue weighted by molar-refractivity contribution is 7.47. The number of carbonyl (C=O) groups is 3. The number of amides is 1. The molecular weight excluding hydrogens is 529 g/mol. The average Bonchev–Trinajstić information content (AvgIpc) is 2.88. The van der Waals surface area contributed by atoms with Gasteiger partial charge in [0, 0.05) is 13.3 Å². The number of hydrogen-bond acceptors (Lipinski definition) is 8. The molecule has 12 heteroatoms. The minimum atomic E-state index is -4.70. The lowest BCUT2D eigenvalue weighted by Crippen LogP contribution is -2.42. The Morgan fingerprint density at radius 2 is 1.41 bits per heavy atom. The Balaban J connectivity index is 3.79. The minimum Gasteiger partial charge on any atom is -0.480 e. The van der Waals surface area contributed by atoms with Crippen molar-refractivity contribution in [1.29, 1.82) is 0 Å². The van der Waals surface area contributed by atoms with Crippen molar-refractivity contribution in [3.8, 4) is 0 Å². The van der Waals surface area contributed by atoms with E-state index >= 15 is 0 Å². The molecule has 0 aromatic heterocycles. The number of carbonyl (C=O) groups excluding carboxylic acids is 2. The number of rotatable bonds is 25.